The fourth-order valence-corrected chi connectivity index (χ4v) is 2.49. The predicted octanol–water partition coefficient (Wildman–Crippen LogP) is 5.58. The average molecular weight is 300 g/mol. The van der Waals surface area contributed by atoms with Gasteiger partial charge in [-0.2, -0.15) is 0 Å². The minimum Gasteiger partial charge on any atom is -0.0837 e. The van der Waals surface area contributed by atoms with E-state index in [1.807, 2.05) is 36.4 Å². The van der Waals surface area contributed by atoms with Gasteiger partial charge in [0.25, 0.3) is 0 Å². The van der Waals surface area contributed by atoms with Gasteiger partial charge in [0.2, 0.25) is 0 Å². The Morgan fingerprint density at radius 2 is 1.11 bits per heavy atom. The Hall–Kier alpha value is -0.690. The van der Waals surface area contributed by atoms with Gasteiger partial charge in [0.15, 0.2) is 3.79 Å². The number of alkyl halides is 3. The third-order valence-corrected chi connectivity index (χ3v) is 3.30. The highest BCUT2D eigenvalue weighted by Crippen LogP contribution is 2.40. The van der Waals surface area contributed by atoms with Crippen molar-refractivity contribution < 1.29 is 0 Å². The lowest BCUT2D eigenvalue weighted by atomic mass is 9.89. The third kappa shape index (κ3) is 3.91. The maximum absolute atomic E-state index is 5.96. The number of benzene rings is 2. The lowest BCUT2D eigenvalue weighted by molar-refractivity contribution is 0.733. The molecule has 2 rings (SSSR count). The molecule has 0 aliphatic carbocycles. The summed E-state index contributed by atoms with van der Waals surface area (Å²) in [6.07, 6.45) is 0.464. The molecule has 0 atom stereocenters. The number of rotatable bonds is 3. The maximum atomic E-state index is 5.96. The van der Waals surface area contributed by atoms with Crippen molar-refractivity contribution in [3.63, 3.8) is 0 Å². The van der Waals surface area contributed by atoms with Crippen LogP contribution in [0.3, 0.4) is 0 Å². The third-order valence-electron chi connectivity index (χ3n) is 2.84. The van der Waals surface area contributed by atoms with Crippen LogP contribution in [-0.4, -0.2) is 3.79 Å². The van der Waals surface area contributed by atoms with Crippen LogP contribution >= 0.6 is 34.8 Å². The first-order chi connectivity index (χ1) is 8.56. The number of hydrogen-bond acceptors (Lipinski definition) is 0. The van der Waals surface area contributed by atoms with Gasteiger partial charge in [0, 0.05) is 12.3 Å². The second-order valence-corrected chi connectivity index (χ2v) is 6.71. The molecule has 0 aliphatic rings. The Bertz CT molecular complexity index is 435. The molecule has 0 aliphatic heterocycles. The fourth-order valence-electron chi connectivity index (χ4n) is 2.03. The van der Waals surface area contributed by atoms with Crippen LogP contribution in [0.4, 0.5) is 0 Å². The molecule has 0 amide bonds. The normalized spacial score (nSPS) is 11.8. The molecular weight excluding hydrogens is 287 g/mol. The summed E-state index contributed by atoms with van der Waals surface area (Å²) in [5, 5.41) is 0. The molecule has 94 valence electrons. The van der Waals surface area contributed by atoms with E-state index in [-0.39, 0.29) is 5.92 Å². The summed E-state index contributed by atoms with van der Waals surface area (Å²) in [5.74, 6) is 0.0971. The average Bonchev–Trinajstić information content (AvgIpc) is 2.37. The Balaban J connectivity index is 2.36. The van der Waals surface area contributed by atoms with E-state index in [1.165, 1.54) is 0 Å². The van der Waals surface area contributed by atoms with Crippen LogP contribution in [0, 0.1) is 0 Å². The largest absolute Gasteiger partial charge is 0.191 e. The molecule has 18 heavy (non-hydrogen) atoms. The van der Waals surface area contributed by atoms with Crippen molar-refractivity contribution in [1.29, 1.82) is 0 Å². The van der Waals surface area contributed by atoms with Crippen molar-refractivity contribution in [1.82, 2.24) is 0 Å². The zero-order valence-electron chi connectivity index (χ0n) is 9.69. The van der Waals surface area contributed by atoms with Crippen LogP contribution in [0.2, 0.25) is 0 Å². The Morgan fingerprint density at radius 1 is 0.722 bits per heavy atom. The number of halogens is 3. The second kappa shape index (κ2) is 5.97. The smallest absolute Gasteiger partial charge is 0.0837 e. The van der Waals surface area contributed by atoms with Gasteiger partial charge in [-0.1, -0.05) is 95.5 Å². The van der Waals surface area contributed by atoms with E-state index in [0.29, 0.717) is 6.42 Å². The van der Waals surface area contributed by atoms with Gasteiger partial charge in [0.1, 0.15) is 0 Å². The van der Waals surface area contributed by atoms with Crippen molar-refractivity contribution in [3.05, 3.63) is 71.8 Å². The Labute approximate surface area is 122 Å². The van der Waals surface area contributed by atoms with Gasteiger partial charge in [-0.25, -0.2) is 0 Å². The monoisotopic (exact) mass is 298 g/mol. The van der Waals surface area contributed by atoms with Crippen LogP contribution in [0.15, 0.2) is 60.7 Å². The highest BCUT2D eigenvalue weighted by atomic mass is 35.6. The summed E-state index contributed by atoms with van der Waals surface area (Å²) in [6, 6.07) is 20.2. The van der Waals surface area contributed by atoms with Crippen molar-refractivity contribution in [2.45, 2.75) is 16.1 Å². The molecule has 0 heterocycles. The highest BCUT2D eigenvalue weighted by Gasteiger charge is 2.27. The Morgan fingerprint density at radius 3 is 1.44 bits per heavy atom. The molecule has 0 spiro atoms. The molecular formula is C15H13Cl3. The minimum absolute atomic E-state index is 0.0971. The summed E-state index contributed by atoms with van der Waals surface area (Å²) in [7, 11) is 0. The summed E-state index contributed by atoms with van der Waals surface area (Å²) in [6.45, 7) is 0. The van der Waals surface area contributed by atoms with Gasteiger partial charge in [-0.15, -0.1) is 0 Å². The maximum Gasteiger partial charge on any atom is 0.191 e. The Kier molecular flexibility index (Phi) is 4.55. The highest BCUT2D eigenvalue weighted by molar-refractivity contribution is 6.67. The van der Waals surface area contributed by atoms with Gasteiger partial charge >= 0.3 is 0 Å². The first-order valence-electron chi connectivity index (χ1n) is 5.73. The van der Waals surface area contributed by atoms with Crippen molar-refractivity contribution >= 4 is 34.8 Å². The number of hydrogen-bond donors (Lipinski definition) is 0. The molecule has 0 unspecified atom stereocenters. The van der Waals surface area contributed by atoms with Crippen LogP contribution < -0.4 is 0 Å². The molecule has 0 saturated carbocycles. The minimum atomic E-state index is -1.25. The molecule has 3 heteroatoms. The predicted molar refractivity (Wildman–Crippen MR) is 79.6 cm³/mol. The molecule has 0 fully saturated rings. The van der Waals surface area contributed by atoms with Gasteiger partial charge in [-0.3, -0.25) is 0 Å². The molecule has 0 radical (unpaired) electrons. The summed E-state index contributed by atoms with van der Waals surface area (Å²) >= 11 is 17.9. The van der Waals surface area contributed by atoms with Crippen LogP contribution in [-0.2, 0) is 0 Å². The van der Waals surface area contributed by atoms with E-state index >= 15 is 0 Å². The van der Waals surface area contributed by atoms with E-state index in [2.05, 4.69) is 24.3 Å². The second-order valence-electron chi connectivity index (χ2n) is 4.19. The van der Waals surface area contributed by atoms with Gasteiger partial charge in [0.05, 0.1) is 0 Å². The standard InChI is InChI=1S/C15H13Cl3/c16-15(17,18)11-14(12-7-3-1-4-8-12)13-9-5-2-6-10-13/h1-10,14H,11H2. The van der Waals surface area contributed by atoms with E-state index in [0.717, 1.165) is 11.1 Å². The van der Waals surface area contributed by atoms with E-state index in [9.17, 15) is 0 Å². The summed E-state index contributed by atoms with van der Waals surface area (Å²) in [5.41, 5.74) is 2.32. The fraction of sp³-hybridized carbons (Fsp3) is 0.200. The molecule has 0 nitrogen and oxygen atoms in total. The van der Waals surface area contributed by atoms with Gasteiger partial charge in [-0.05, 0) is 11.1 Å². The summed E-state index contributed by atoms with van der Waals surface area (Å²) < 4.78 is -1.25. The lowest BCUT2D eigenvalue weighted by Crippen LogP contribution is -2.11. The molecule has 0 saturated heterocycles. The topological polar surface area (TPSA) is 0 Å². The van der Waals surface area contributed by atoms with Crippen LogP contribution in [0.25, 0.3) is 0 Å². The lowest BCUT2D eigenvalue weighted by Gasteiger charge is -2.22. The van der Waals surface area contributed by atoms with Crippen LogP contribution in [0.5, 0.6) is 0 Å². The molecule has 0 N–H and O–H groups in total. The van der Waals surface area contributed by atoms with E-state index in [4.69, 9.17) is 34.8 Å². The molecule has 0 aromatic heterocycles. The zero-order chi connectivity index (χ0) is 13.0. The zero-order valence-corrected chi connectivity index (χ0v) is 12.0. The SMILES string of the molecule is ClC(Cl)(Cl)CC(c1ccccc1)c1ccccc1. The van der Waals surface area contributed by atoms with Crippen molar-refractivity contribution in [2.24, 2.45) is 0 Å². The molecule has 2 aromatic carbocycles. The van der Waals surface area contributed by atoms with E-state index < -0.39 is 3.79 Å². The molecule has 2 aromatic rings. The molecule has 0 bridgehead atoms. The summed E-state index contributed by atoms with van der Waals surface area (Å²) in [4.78, 5) is 0. The first-order valence-corrected chi connectivity index (χ1v) is 6.86. The quantitative estimate of drug-likeness (QED) is 0.649. The first kappa shape index (κ1) is 13.7. The van der Waals surface area contributed by atoms with Crippen molar-refractivity contribution in [2.75, 3.05) is 0 Å². The van der Waals surface area contributed by atoms with Crippen molar-refractivity contribution in [3.8, 4) is 0 Å². The van der Waals surface area contributed by atoms with E-state index in [1.54, 1.807) is 0 Å². The van der Waals surface area contributed by atoms with Crippen LogP contribution in [0.1, 0.15) is 23.5 Å². The van der Waals surface area contributed by atoms with Gasteiger partial charge < -0.3 is 0 Å².